The Bertz CT molecular complexity index is 785. The van der Waals surface area contributed by atoms with Gasteiger partial charge in [0, 0.05) is 4.70 Å². The zero-order valence-corrected chi connectivity index (χ0v) is 10.7. The van der Waals surface area contributed by atoms with Gasteiger partial charge in [0.1, 0.15) is 15.9 Å². The maximum Gasteiger partial charge on any atom is 0.279 e. The SMILES string of the molecule is O=c1nc(-c2cccc(Cl)n2)sc2ccccc12. The molecule has 0 unspecified atom stereocenters. The van der Waals surface area contributed by atoms with Crippen LogP contribution >= 0.6 is 22.9 Å². The second-order valence-electron chi connectivity index (χ2n) is 3.67. The minimum absolute atomic E-state index is 0.235. The van der Waals surface area contributed by atoms with E-state index in [1.807, 2.05) is 18.2 Å². The van der Waals surface area contributed by atoms with Gasteiger partial charge in [-0.1, -0.05) is 29.8 Å². The first-order valence-corrected chi connectivity index (χ1v) is 6.46. The molecule has 0 radical (unpaired) electrons. The molecule has 0 saturated carbocycles. The quantitative estimate of drug-likeness (QED) is 0.639. The lowest BCUT2D eigenvalue weighted by Crippen LogP contribution is -2.06. The topological polar surface area (TPSA) is 42.9 Å². The summed E-state index contributed by atoms with van der Waals surface area (Å²) in [5.74, 6) is 0. The summed E-state index contributed by atoms with van der Waals surface area (Å²) in [5.41, 5.74) is 0.386. The van der Waals surface area contributed by atoms with Gasteiger partial charge in [-0.25, -0.2) is 4.98 Å². The standard InChI is InChI=1S/C13H7ClN2OS/c14-11-7-3-5-9(15-11)13-16-12(17)8-4-1-2-6-10(8)18-13/h1-7H. The van der Waals surface area contributed by atoms with Gasteiger partial charge in [0.25, 0.3) is 5.56 Å². The van der Waals surface area contributed by atoms with Crippen LogP contribution < -0.4 is 5.56 Å². The Labute approximate surface area is 112 Å². The fourth-order valence-corrected chi connectivity index (χ4v) is 2.78. The summed E-state index contributed by atoms with van der Waals surface area (Å²) in [6.07, 6.45) is 0. The third-order valence-electron chi connectivity index (χ3n) is 2.46. The molecule has 18 heavy (non-hydrogen) atoms. The van der Waals surface area contributed by atoms with Crippen molar-refractivity contribution in [2.24, 2.45) is 0 Å². The van der Waals surface area contributed by atoms with E-state index in [9.17, 15) is 4.79 Å². The van der Waals surface area contributed by atoms with Crippen LogP contribution in [0.5, 0.6) is 0 Å². The number of pyridine rings is 1. The van der Waals surface area contributed by atoms with Crippen LogP contribution in [0.25, 0.3) is 20.8 Å². The number of rotatable bonds is 1. The predicted octanol–water partition coefficient (Wildman–Crippen LogP) is 3.37. The smallest absolute Gasteiger partial charge is 0.267 e. The number of hydrogen-bond donors (Lipinski definition) is 0. The molecule has 0 atom stereocenters. The van der Waals surface area contributed by atoms with Crippen molar-refractivity contribution in [3.05, 3.63) is 58.0 Å². The third-order valence-corrected chi connectivity index (χ3v) is 3.74. The van der Waals surface area contributed by atoms with Gasteiger partial charge in [-0.2, -0.15) is 4.98 Å². The Morgan fingerprint density at radius 3 is 2.67 bits per heavy atom. The first kappa shape index (κ1) is 11.3. The molecule has 5 heteroatoms. The van der Waals surface area contributed by atoms with Crippen LogP contribution in [0.3, 0.4) is 0 Å². The van der Waals surface area contributed by atoms with Crippen molar-refractivity contribution in [3.8, 4) is 10.7 Å². The van der Waals surface area contributed by atoms with Gasteiger partial charge in [-0.15, -0.1) is 11.3 Å². The zero-order chi connectivity index (χ0) is 12.5. The molecule has 0 aliphatic carbocycles. The minimum atomic E-state index is -0.235. The average Bonchev–Trinajstić information content (AvgIpc) is 2.39. The summed E-state index contributed by atoms with van der Waals surface area (Å²) in [6, 6.07) is 12.7. The molecule has 0 bridgehead atoms. The molecule has 0 aliphatic rings. The van der Waals surface area contributed by atoms with E-state index in [4.69, 9.17) is 11.6 Å². The fourth-order valence-electron chi connectivity index (χ4n) is 1.65. The molecular formula is C13H7ClN2OS. The highest BCUT2D eigenvalue weighted by molar-refractivity contribution is 7.21. The van der Waals surface area contributed by atoms with E-state index >= 15 is 0 Å². The van der Waals surface area contributed by atoms with Gasteiger partial charge < -0.3 is 0 Å². The van der Waals surface area contributed by atoms with Crippen LogP contribution in [0.2, 0.25) is 5.15 Å². The molecule has 0 amide bonds. The molecule has 3 aromatic rings. The van der Waals surface area contributed by atoms with Gasteiger partial charge in [-0.3, -0.25) is 4.79 Å². The Balaban J connectivity index is 2.28. The third kappa shape index (κ3) is 2.00. The van der Waals surface area contributed by atoms with Crippen LogP contribution in [0.1, 0.15) is 0 Å². The van der Waals surface area contributed by atoms with E-state index in [-0.39, 0.29) is 5.56 Å². The lowest BCUT2D eigenvalue weighted by Gasteiger charge is -2.01. The highest BCUT2D eigenvalue weighted by atomic mass is 35.5. The zero-order valence-electron chi connectivity index (χ0n) is 9.13. The summed E-state index contributed by atoms with van der Waals surface area (Å²) in [7, 11) is 0. The molecule has 1 aromatic carbocycles. The number of hydrogen-bond acceptors (Lipinski definition) is 4. The maximum atomic E-state index is 11.9. The lowest BCUT2D eigenvalue weighted by molar-refractivity contribution is 1.25. The van der Waals surface area contributed by atoms with Gasteiger partial charge >= 0.3 is 0 Å². The number of fused-ring (bicyclic) bond motifs is 1. The number of halogens is 1. The first-order chi connectivity index (χ1) is 8.74. The molecule has 3 rings (SSSR count). The van der Waals surface area contributed by atoms with Crippen LogP contribution in [0.15, 0.2) is 47.3 Å². The van der Waals surface area contributed by atoms with Crippen molar-refractivity contribution >= 4 is 33.0 Å². The molecule has 0 fully saturated rings. The monoisotopic (exact) mass is 274 g/mol. The second kappa shape index (κ2) is 4.48. The molecular weight excluding hydrogens is 268 g/mol. The van der Waals surface area contributed by atoms with E-state index < -0.39 is 0 Å². The molecule has 3 nitrogen and oxygen atoms in total. The summed E-state index contributed by atoms with van der Waals surface area (Å²) < 4.78 is 0.897. The van der Waals surface area contributed by atoms with Crippen molar-refractivity contribution in [1.82, 2.24) is 9.97 Å². The van der Waals surface area contributed by atoms with Crippen LogP contribution in [0, 0.1) is 0 Å². The van der Waals surface area contributed by atoms with Gasteiger partial charge in [-0.05, 0) is 24.3 Å². The van der Waals surface area contributed by atoms with Crippen molar-refractivity contribution in [3.63, 3.8) is 0 Å². The highest BCUT2D eigenvalue weighted by Gasteiger charge is 2.07. The largest absolute Gasteiger partial charge is 0.279 e. The van der Waals surface area contributed by atoms with Crippen molar-refractivity contribution in [2.45, 2.75) is 0 Å². The highest BCUT2D eigenvalue weighted by Crippen LogP contribution is 2.25. The van der Waals surface area contributed by atoms with Crippen LogP contribution in [-0.4, -0.2) is 9.97 Å². The number of benzene rings is 1. The van der Waals surface area contributed by atoms with Crippen LogP contribution in [0.4, 0.5) is 0 Å². The first-order valence-electron chi connectivity index (χ1n) is 5.27. The van der Waals surface area contributed by atoms with Crippen molar-refractivity contribution in [2.75, 3.05) is 0 Å². The summed E-state index contributed by atoms with van der Waals surface area (Å²) in [4.78, 5) is 20.1. The van der Waals surface area contributed by atoms with Gasteiger partial charge in [0.15, 0.2) is 0 Å². The Morgan fingerprint density at radius 1 is 1.00 bits per heavy atom. The minimum Gasteiger partial charge on any atom is -0.267 e. The normalized spacial score (nSPS) is 10.7. The second-order valence-corrected chi connectivity index (χ2v) is 5.08. The number of nitrogens with zero attached hydrogens (tertiary/aromatic N) is 2. The Hall–Kier alpha value is -1.78. The van der Waals surface area contributed by atoms with E-state index in [1.165, 1.54) is 11.3 Å². The summed E-state index contributed by atoms with van der Waals surface area (Å²) >= 11 is 7.27. The lowest BCUT2D eigenvalue weighted by atomic mass is 10.3. The molecule has 0 saturated heterocycles. The predicted molar refractivity (Wildman–Crippen MR) is 74.1 cm³/mol. The van der Waals surface area contributed by atoms with E-state index in [0.29, 0.717) is 21.2 Å². The number of aromatic nitrogens is 2. The molecule has 0 N–H and O–H groups in total. The van der Waals surface area contributed by atoms with Crippen molar-refractivity contribution < 1.29 is 0 Å². The average molecular weight is 275 g/mol. The molecule has 0 spiro atoms. The van der Waals surface area contributed by atoms with E-state index in [1.54, 1.807) is 24.3 Å². The van der Waals surface area contributed by atoms with E-state index in [2.05, 4.69) is 9.97 Å². The van der Waals surface area contributed by atoms with Crippen molar-refractivity contribution in [1.29, 1.82) is 0 Å². The molecule has 2 aromatic heterocycles. The molecule has 0 aliphatic heterocycles. The maximum absolute atomic E-state index is 11.9. The van der Waals surface area contributed by atoms with Gasteiger partial charge in [0.2, 0.25) is 0 Å². The van der Waals surface area contributed by atoms with E-state index in [0.717, 1.165) is 4.70 Å². The van der Waals surface area contributed by atoms with Crippen LogP contribution in [-0.2, 0) is 0 Å². The molecule has 2 heterocycles. The summed E-state index contributed by atoms with van der Waals surface area (Å²) in [5, 5.41) is 1.61. The summed E-state index contributed by atoms with van der Waals surface area (Å²) in [6.45, 7) is 0. The Morgan fingerprint density at radius 2 is 1.83 bits per heavy atom. The van der Waals surface area contributed by atoms with Gasteiger partial charge in [0.05, 0.1) is 5.39 Å². The Kier molecular flexibility index (Phi) is 2.81. The fraction of sp³-hybridized carbons (Fsp3) is 0. The molecule has 88 valence electrons.